The van der Waals surface area contributed by atoms with E-state index in [9.17, 15) is 0 Å². The fourth-order valence-corrected chi connectivity index (χ4v) is 3.06. The van der Waals surface area contributed by atoms with Crippen LogP contribution in [0, 0.1) is 12.8 Å². The number of hydrogen-bond donors (Lipinski definition) is 1. The summed E-state index contributed by atoms with van der Waals surface area (Å²) in [4.78, 5) is 1.04. The maximum absolute atomic E-state index is 4.21. The standard InChI is InChI=1S/C11H17N5S2/c1-7(2)6-12-5-4-9-14-15-11(17-9)10-8(3)13-16-18-10/h7,12H,4-6H2,1-3H3. The van der Waals surface area contributed by atoms with E-state index in [0.717, 1.165) is 40.1 Å². The van der Waals surface area contributed by atoms with Gasteiger partial charge < -0.3 is 5.32 Å². The number of rotatable bonds is 6. The molecule has 0 saturated heterocycles. The van der Waals surface area contributed by atoms with E-state index >= 15 is 0 Å². The summed E-state index contributed by atoms with van der Waals surface area (Å²) >= 11 is 3.01. The van der Waals surface area contributed by atoms with Gasteiger partial charge in [-0.25, -0.2) is 0 Å². The smallest absolute Gasteiger partial charge is 0.161 e. The van der Waals surface area contributed by atoms with Gasteiger partial charge in [-0.05, 0) is 30.9 Å². The van der Waals surface area contributed by atoms with Crippen LogP contribution in [0.2, 0.25) is 0 Å². The van der Waals surface area contributed by atoms with Crippen LogP contribution in [0.3, 0.4) is 0 Å². The van der Waals surface area contributed by atoms with E-state index in [1.165, 1.54) is 11.5 Å². The third kappa shape index (κ3) is 3.54. The van der Waals surface area contributed by atoms with Crippen LogP contribution in [-0.4, -0.2) is 32.9 Å². The van der Waals surface area contributed by atoms with Crippen LogP contribution in [0.1, 0.15) is 24.5 Å². The van der Waals surface area contributed by atoms with Crippen molar-refractivity contribution in [2.45, 2.75) is 27.2 Å². The van der Waals surface area contributed by atoms with Crippen LogP contribution >= 0.6 is 22.9 Å². The molecule has 0 aliphatic carbocycles. The molecule has 0 atom stereocenters. The molecule has 98 valence electrons. The molecule has 0 fully saturated rings. The van der Waals surface area contributed by atoms with Crippen LogP contribution in [-0.2, 0) is 6.42 Å². The first kappa shape index (κ1) is 13.5. The lowest BCUT2D eigenvalue weighted by Gasteiger charge is -2.04. The molecule has 0 unspecified atom stereocenters. The minimum absolute atomic E-state index is 0.681. The summed E-state index contributed by atoms with van der Waals surface area (Å²) in [6, 6.07) is 0. The fraction of sp³-hybridized carbons (Fsp3) is 0.636. The van der Waals surface area contributed by atoms with Crippen molar-refractivity contribution in [3.05, 3.63) is 10.7 Å². The SMILES string of the molecule is Cc1nnsc1-c1nnc(CCNCC(C)C)s1. The molecule has 2 aromatic heterocycles. The van der Waals surface area contributed by atoms with E-state index < -0.39 is 0 Å². The second-order valence-corrected chi connectivity index (χ2v) is 6.35. The molecule has 0 aromatic carbocycles. The van der Waals surface area contributed by atoms with Crippen LogP contribution in [0.5, 0.6) is 0 Å². The Balaban J connectivity index is 1.89. The molecular formula is C11H17N5S2. The summed E-state index contributed by atoms with van der Waals surface area (Å²) in [6.07, 6.45) is 0.926. The predicted molar refractivity (Wildman–Crippen MR) is 75.0 cm³/mol. The lowest BCUT2D eigenvalue weighted by molar-refractivity contribution is 0.553. The van der Waals surface area contributed by atoms with Crippen LogP contribution < -0.4 is 5.32 Å². The quantitative estimate of drug-likeness (QED) is 0.823. The van der Waals surface area contributed by atoms with Gasteiger partial charge >= 0.3 is 0 Å². The van der Waals surface area contributed by atoms with Crippen molar-refractivity contribution in [2.24, 2.45) is 5.92 Å². The van der Waals surface area contributed by atoms with E-state index in [4.69, 9.17) is 0 Å². The van der Waals surface area contributed by atoms with E-state index in [1.54, 1.807) is 11.3 Å². The summed E-state index contributed by atoms with van der Waals surface area (Å²) in [5.74, 6) is 0.681. The van der Waals surface area contributed by atoms with Gasteiger partial charge in [-0.1, -0.05) is 29.7 Å². The number of nitrogens with one attached hydrogen (secondary N) is 1. The van der Waals surface area contributed by atoms with E-state index in [2.05, 4.69) is 38.9 Å². The third-order valence-corrected chi connectivity index (χ3v) is 4.35. The molecule has 18 heavy (non-hydrogen) atoms. The minimum Gasteiger partial charge on any atom is -0.316 e. The van der Waals surface area contributed by atoms with E-state index in [0.29, 0.717) is 5.92 Å². The van der Waals surface area contributed by atoms with Gasteiger partial charge in [-0.15, -0.1) is 15.3 Å². The van der Waals surface area contributed by atoms with Gasteiger partial charge in [0, 0.05) is 13.0 Å². The average Bonchev–Trinajstić information content (AvgIpc) is 2.92. The molecule has 0 saturated carbocycles. The zero-order valence-corrected chi connectivity index (χ0v) is 12.4. The van der Waals surface area contributed by atoms with Gasteiger partial charge in [0.15, 0.2) is 5.01 Å². The normalized spacial score (nSPS) is 11.3. The molecular weight excluding hydrogens is 266 g/mol. The lowest BCUT2D eigenvalue weighted by Crippen LogP contribution is -2.22. The minimum atomic E-state index is 0.681. The van der Waals surface area contributed by atoms with Crippen LogP contribution in [0.4, 0.5) is 0 Å². The molecule has 0 amide bonds. The van der Waals surface area contributed by atoms with Gasteiger partial charge in [-0.3, -0.25) is 0 Å². The zero-order valence-electron chi connectivity index (χ0n) is 10.8. The van der Waals surface area contributed by atoms with E-state index in [-0.39, 0.29) is 0 Å². The summed E-state index contributed by atoms with van der Waals surface area (Å²) in [5.41, 5.74) is 0.931. The molecule has 0 aliphatic rings. The highest BCUT2D eigenvalue weighted by Gasteiger charge is 2.12. The van der Waals surface area contributed by atoms with Crippen LogP contribution in [0.25, 0.3) is 9.88 Å². The first-order chi connectivity index (χ1) is 8.66. The predicted octanol–water partition coefficient (Wildman–Crippen LogP) is 2.15. The largest absolute Gasteiger partial charge is 0.316 e. The number of aromatic nitrogens is 4. The summed E-state index contributed by atoms with van der Waals surface area (Å²) in [7, 11) is 0. The highest BCUT2D eigenvalue weighted by atomic mass is 32.1. The molecule has 2 rings (SSSR count). The third-order valence-electron chi connectivity index (χ3n) is 2.38. The molecule has 0 aliphatic heterocycles. The maximum Gasteiger partial charge on any atom is 0.161 e. The van der Waals surface area contributed by atoms with E-state index in [1.807, 2.05) is 6.92 Å². The van der Waals surface area contributed by atoms with Crippen molar-refractivity contribution in [3.63, 3.8) is 0 Å². The Kier molecular flexibility index (Phi) is 4.73. The van der Waals surface area contributed by atoms with Gasteiger partial charge in [0.2, 0.25) is 0 Å². The maximum atomic E-state index is 4.21. The van der Waals surface area contributed by atoms with Gasteiger partial charge in [0.25, 0.3) is 0 Å². The molecule has 0 spiro atoms. The highest BCUT2D eigenvalue weighted by molar-refractivity contribution is 7.19. The Labute approximate surface area is 115 Å². The van der Waals surface area contributed by atoms with Gasteiger partial charge in [-0.2, -0.15) is 0 Å². The molecule has 2 heterocycles. The Bertz CT molecular complexity index is 491. The molecule has 1 N–H and O–H groups in total. The second kappa shape index (κ2) is 6.31. The Hall–Kier alpha value is -0.920. The molecule has 5 nitrogen and oxygen atoms in total. The van der Waals surface area contributed by atoms with Crippen molar-refractivity contribution >= 4 is 22.9 Å². The first-order valence-electron chi connectivity index (χ1n) is 5.99. The topological polar surface area (TPSA) is 63.6 Å². The summed E-state index contributed by atoms with van der Waals surface area (Å²) in [5, 5.41) is 17.8. The Morgan fingerprint density at radius 2 is 2.06 bits per heavy atom. The number of nitrogens with zero attached hydrogens (tertiary/aromatic N) is 4. The molecule has 7 heteroatoms. The monoisotopic (exact) mass is 283 g/mol. The first-order valence-corrected chi connectivity index (χ1v) is 7.58. The van der Waals surface area contributed by atoms with Crippen molar-refractivity contribution in [1.29, 1.82) is 0 Å². The second-order valence-electron chi connectivity index (χ2n) is 4.54. The van der Waals surface area contributed by atoms with Gasteiger partial charge in [0.1, 0.15) is 9.88 Å². The van der Waals surface area contributed by atoms with Crippen molar-refractivity contribution in [2.75, 3.05) is 13.1 Å². The van der Waals surface area contributed by atoms with Crippen LogP contribution in [0.15, 0.2) is 0 Å². The summed E-state index contributed by atoms with van der Waals surface area (Å²) < 4.78 is 3.92. The summed E-state index contributed by atoms with van der Waals surface area (Å²) in [6.45, 7) is 8.35. The molecule has 0 radical (unpaired) electrons. The van der Waals surface area contributed by atoms with Gasteiger partial charge in [0.05, 0.1) is 5.69 Å². The average molecular weight is 283 g/mol. The Morgan fingerprint density at radius 1 is 1.22 bits per heavy atom. The molecule has 0 bridgehead atoms. The van der Waals surface area contributed by atoms with Crippen molar-refractivity contribution in [1.82, 2.24) is 25.1 Å². The van der Waals surface area contributed by atoms with Crippen molar-refractivity contribution < 1.29 is 0 Å². The number of hydrogen-bond acceptors (Lipinski definition) is 7. The molecule has 2 aromatic rings. The zero-order chi connectivity index (χ0) is 13.0. The highest BCUT2D eigenvalue weighted by Crippen LogP contribution is 2.28. The fourth-order valence-electron chi connectivity index (χ4n) is 1.46. The van der Waals surface area contributed by atoms with Crippen molar-refractivity contribution in [3.8, 4) is 9.88 Å². The lowest BCUT2D eigenvalue weighted by atomic mass is 10.2. The number of aryl methyl sites for hydroxylation is 1. The Morgan fingerprint density at radius 3 is 2.72 bits per heavy atom.